The zero-order chi connectivity index (χ0) is 13.9. The SMILES string of the molecule is CC(C)(C)c1nnc(OC(=O)Nc2ccccc2)s1. The number of benzene rings is 1. The van der Waals surface area contributed by atoms with Crippen molar-refractivity contribution in [1.82, 2.24) is 10.2 Å². The molecule has 0 aliphatic carbocycles. The number of aromatic nitrogens is 2. The highest BCUT2D eigenvalue weighted by atomic mass is 32.1. The Morgan fingerprint density at radius 2 is 1.89 bits per heavy atom. The van der Waals surface area contributed by atoms with Gasteiger partial charge in [-0.3, -0.25) is 5.32 Å². The molecule has 1 amide bonds. The highest BCUT2D eigenvalue weighted by molar-refractivity contribution is 7.13. The molecule has 100 valence electrons. The second kappa shape index (κ2) is 5.36. The molecule has 0 fully saturated rings. The molecule has 5 nitrogen and oxygen atoms in total. The number of hydrogen-bond donors (Lipinski definition) is 1. The molecule has 0 saturated heterocycles. The maximum absolute atomic E-state index is 11.6. The van der Waals surface area contributed by atoms with E-state index in [-0.39, 0.29) is 10.6 Å². The molecule has 1 heterocycles. The van der Waals surface area contributed by atoms with E-state index in [1.54, 1.807) is 12.1 Å². The zero-order valence-corrected chi connectivity index (χ0v) is 11.8. The maximum Gasteiger partial charge on any atom is 0.419 e. The van der Waals surface area contributed by atoms with E-state index in [1.165, 1.54) is 11.3 Å². The first-order valence-corrected chi connectivity index (χ1v) is 6.65. The number of hydrogen-bond acceptors (Lipinski definition) is 5. The molecule has 1 N–H and O–H groups in total. The Kier molecular flexibility index (Phi) is 3.80. The van der Waals surface area contributed by atoms with Gasteiger partial charge < -0.3 is 4.74 Å². The summed E-state index contributed by atoms with van der Waals surface area (Å²) in [5.41, 5.74) is 0.572. The molecule has 1 aromatic carbocycles. The standard InChI is InChI=1S/C13H15N3O2S/c1-13(2,3)10-15-16-12(19-10)18-11(17)14-9-7-5-4-6-8-9/h4-8H,1-3H3,(H,14,17). The van der Waals surface area contributed by atoms with Crippen LogP contribution in [0, 0.1) is 0 Å². The first kappa shape index (κ1) is 13.5. The van der Waals surface area contributed by atoms with Crippen molar-refractivity contribution < 1.29 is 9.53 Å². The van der Waals surface area contributed by atoms with Crippen LogP contribution in [0.15, 0.2) is 30.3 Å². The molecule has 0 aliphatic rings. The van der Waals surface area contributed by atoms with E-state index < -0.39 is 6.09 Å². The van der Waals surface area contributed by atoms with Crippen LogP contribution in [0.5, 0.6) is 5.19 Å². The Labute approximate surface area is 115 Å². The Bertz CT molecular complexity index is 561. The van der Waals surface area contributed by atoms with Crippen molar-refractivity contribution in [2.24, 2.45) is 0 Å². The summed E-state index contributed by atoms with van der Waals surface area (Å²) in [6.45, 7) is 6.09. The Morgan fingerprint density at radius 1 is 1.21 bits per heavy atom. The van der Waals surface area contributed by atoms with E-state index in [0.29, 0.717) is 5.69 Å². The van der Waals surface area contributed by atoms with Crippen LogP contribution in [0.2, 0.25) is 0 Å². The van der Waals surface area contributed by atoms with Gasteiger partial charge in [-0.15, -0.1) is 5.10 Å². The average Bonchev–Trinajstić information content (AvgIpc) is 2.78. The highest BCUT2D eigenvalue weighted by Gasteiger charge is 2.20. The van der Waals surface area contributed by atoms with E-state index in [1.807, 2.05) is 39.0 Å². The first-order chi connectivity index (χ1) is 8.95. The normalized spacial score (nSPS) is 11.1. The maximum atomic E-state index is 11.6. The number of rotatable bonds is 2. The topological polar surface area (TPSA) is 64.1 Å². The summed E-state index contributed by atoms with van der Waals surface area (Å²) in [4.78, 5) is 11.6. The monoisotopic (exact) mass is 277 g/mol. The van der Waals surface area contributed by atoms with Crippen molar-refractivity contribution >= 4 is 23.1 Å². The fourth-order valence-corrected chi connectivity index (χ4v) is 2.05. The highest BCUT2D eigenvalue weighted by Crippen LogP contribution is 2.29. The molecule has 19 heavy (non-hydrogen) atoms. The van der Waals surface area contributed by atoms with Gasteiger partial charge in [0, 0.05) is 11.1 Å². The molecule has 0 radical (unpaired) electrons. The minimum atomic E-state index is -0.567. The van der Waals surface area contributed by atoms with Crippen LogP contribution >= 0.6 is 11.3 Å². The molecule has 2 aromatic rings. The van der Waals surface area contributed by atoms with Gasteiger partial charge in [0.25, 0.3) is 0 Å². The van der Waals surface area contributed by atoms with Gasteiger partial charge in [-0.25, -0.2) is 4.79 Å². The average molecular weight is 277 g/mol. The van der Waals surface area contributed by atoms with Gasteiger partial charge >= 0.3 is 11.3 Å². The van der Waals surface area contributed by atoms with Crippen LogP contribution < -0.4 is 10.1 Å². The third-order valence-electron chi connectivity index (χ3n) is 2.25. The van der Waals surface area contributed by atoms with Crippen molar-refractivity contribution in [3.63, 3.8) is 0 Å². The summed E-state index contributed by atoms with van der Waals surface area (Å²) >= 11 is 1.27. The Morgan fingerprint density at radius 3 is 2.47 bits per heavy atom. The number of para-hydroxylation sites is 1. The minimum absolute atomic E-state index is 0.102. The lowest BCUT2D eigenvalue weighted by atomic mass is 9.98. The van der Waals surface area contributed by atoms with E-state index >= 15 is 0 Å². The number of nitrogens with one attached hydrogen (secondary N) is 1. The molecular weight excluding hydrogens is 262 g/mol. The van der Waals surface area contributed by atoms with Crippen LogP contribution in [0.3, 0.4) is 0 Å². The zero-order valence-electron chi connectivity index (χ0n) is 11.0. The summed E-state index contributed by atoms with van der Waals surface area (Å²) in [6.07, 6.45) is -0.567. The number of carbonyl (C=O) groups excluding carboxylic acids is 1. The van der Waals surface area contributed by atoms with Crippen LogP contribution in [-0.4, -0.2) is 16.3 Å². The second-order valence-electron chi connectivity index (χ2n) is 5.00. The number of ether oxygens (including phenoxy) is 1. The summed E-state index contributed by atoms with van der Waals surface area (Å²) < 4.78 is 5.09. The number of carbonyl (C=O) groups is 1. The van der Waals surface area contributed by atoms with Crippen LogP contribution in [-0.2, 0) is 5.41 Å². The fraction of sp³-hybridized carbons (Fsp3) is 0.308. The van der Waals surface area contributed by atoms with E-state index in [4.69, 9.17) is 4.74 Å². The molecule has 0 atom stereocenters. The molecule has 0 saturated carbocycles. The molecule has 0 unspecified atom stereocenters. The third kappa shape index (κ3) is 3.75. The number of anilines is 1. The summed E-state index contributed by atoms with van der Waals surface area (Å²) in [5, 5.41) is 11.6. The minimum Gasteiger partial charge on any atom is -0.380 e. The molecule has 0 spiro atoms. The summed E-state index contributed by atoms with van der Waals surface area (Å²) in [6, 6.07) is 9.09. The lowest BCUT2D eigenvalue weighted by Crippen LogP contribution is -2.16. The van der Waals surface area contributed by atoms with Crippen molar-refractivity contribution in [1.29, 1.82) is 0 Å². The lowest BCUT2D eigenvalue weighted by molar-refractivity contribution is 0.214. The van der Waals surface area contributed by atoms with Gasteiger partial charge in [0.2, 0.25) is 0 Å². The molecule has 2 rings (SSSR count). The van der Waals surface area contributed by atoms with Gasteiger partial charge in [-0.1, -0.05) is 55.4 Å². The fourth-order valence-electron chi connectivity index (χ4n) is 1.30. The summed E-state index contributed by atoms with van der Waals surface area (Å²) in [5.74, 6) is 0. The summed E-state index contributed by atoms with van der Waals surface area (Å²) in [7, 11) is 0. The van der Waals surface area contributed by atoms with E-state index in [0.717, 1.165) is 5.01 Å². The number of nitrogens with zero attached hydrogens (tertiary/aromatic N) is 2. The first-order valence-electron chi connectivity index (χ1n) is 5.83. The largest absolute Gasteiger partial charge is 0.419 e. The molecule has 0 aliphatic heterocycles. The van der Waals surface area contributed by atoms with E-state index in [2.05, 4.69) is 15.5 Å². The van der Waals surface area contributed by atoms with Crippen LogP contribution in [0.1, 0.15) is 25.8 Å². The smallest absolute Gasteiger partial charge is 0.380 e. The van der Waals surface area contributed by atoms with E-state index in [9.17, 15) is 4.79 Å². The lowest BCUT2D eigenvalue weighted by Gasteiger charge is -2.11. The molecular formula is C13H15N3O2S. The second-order valence-corrected chi connectivity index (χ2v) is 5.94. The van der Waals surface area contributed by atoms with Gasteiger partial charge in [-0.05, 0) is 12.1 Å². The van der Waals surface area contributed by atoms with Crippen molar-refractivity contribution in [2.45, 2.75) is 26.2 Å². The van der Waals surface area contributed by atoms with Gasteiger partial charge in [0.15, 0.2) is 0 Å². The van der Waals surface area contributed by atoms with Crippen molar-refractivity contribution in [2.75, 3.05) is 5.32 Å². The predicted molar refractivity (Wildman–Crippen MR) is 74.7 cm³/mol. The molecule has 0 bridgehead atoms. The number of amides is 1. The molecule has 6 heteroatoms. The predicted octanol–water partition coefficient (Wildman–Crippen LogP) is 3.45. The van der Waals surface area contributed by atoms with Gasteiger partial charge in [-0.2, -0.15) is 0 Å². The van der Waals surface area contributed by atoms with Gasteiger partial charge in [0.1, 0.15) is 5.01 Å². The third-order valence-corrected chi connectivity index (χ3v) is 3.48. The van der Waals surface area contributed by atoms with Crippen LogP contribution in [0.4, 0.5) is 10.5 Å². The quantitative estimate of drug-likeness (QED) is 0.913. The Hall–Kier alpha value is -1.95. The van der Waals surface area contributed by atoms with Crippen LogP contribution in [0.25, 0.3) is 0 Å². The Balaban J connectivity index is 1.98. The molecule has 1 aromatic heterocycles. The van der Waals surface area contributed by atoms with Crippen molar-refractivity contribution in [3.8, 4) is 5.19 Å². The van der Waals surface area contributed by atoms with Gasteiger partial charge in [0.05, 0.1) is 0 Å². The van der Waals surface area contributed by atoms with Crippen molar-refractivity contribution in [3.05, 3.63) is 35.3 Å².